The summed E-state index contributed by atoms with van der Waals surface area (Å²) in [5.41, 5.74) is 4.89. The van der Waals surface area contributed by atoms with E-state index in [4.69, 9.17) is 5.84 Å². The number of hydrogen-bond acceptors (Lipinski definition) is 3. The van der Waals surface area contributed by atoms with Gasteiger partial charge >= 0.3 is 0 Å². The number of pyridine rings is 1. The molecule has 1 heterocycles. The van der Waals surface area contributed by atoms with Crippen LogP contribution in [0.3, 0.4) is 0 Å². The van der Waals surface area contributed by atoms with Gasteiger partial charge in [-0.3, -0.25) is 10.8 Å². The van der Waals surface area contributed by atoms with Crippen LogP contribution in [0.1, 0.15) is 22.7 Å². The van der Waals surface area contributed by atoms with E-state index in [1.54, 1.807) is 12.4 Å². The van der Waals surface area contributed by atoms with Crippen molar-refractivity contribution >= 4 is 0 Å². The molecule has 1 unspecified atom stereocenters. The summed E-state index contributed by atoms with van der Waals surface area (Å²) < 4.78 is 26.1. The SMILES string of the molecule is Cc1cncc(C(NN)c2ccc(F)c(F)c2)c1. The molecular weight excluding hydrogens is 236 g/mol. The average Bonchev–Trinajstić information content (AvgIpc) is 2.35. The Labute approximate surface area is 104 Å². The maximum absolute atomic E-state index is 13.2. The summed E-state index contributed by atoms with van der Waals surface area (Å²) in [6.45, 7) is 1.90. The van der Waals surface area contributed by atoms with Crippen LogP contribution in [-0.2, 0) is 0 Å². The molecule has 0 fully saturated rings. The highest BCUT2D eigenvalue weighted by molar-refractivity contribution is 5.32. The number of hydrogen-bond donors (Lipinski definition) is 2. The molecular formula is C13H13F2N3. The summed E-state index contributed by atoms with van der Waals surface area (Å²) >= 11 is 0. The highest BCUT2D eigenvalue weighted by Gasteiger charge is 2.15. The second-order valence-electron chi connectivity index (χ2n) is 4.07. The minimum absolute atomic E-state index is 0.424. The van der Waals surface area contributed by atoms with Crippen molar-refractivity contribution in [2.75, 3.05) is 0 Å². The van der Waals surface area contributed by atoms with Crippen LogP contribution in [0.25, 0.3) is 0 Å². The molecule has 2 aromatic rings. The lowest BCUT2D eigenvalue weighted by molar-refractivity contribution is 0.504. The Morgan fingerprint density at radius 2 is 1.89 bits per heavy atom. The second kappa shape index (κ2) is 5.20. The first-order valence-corrected chi connectivity index (χ1v) is 5.44. The van der Waals surface area contributed by atoms with Crippen LogP contribution in [0.5, 0.6) is 0 Å². The zero-order valence-electron chi connectivity index (χ0n) is 9.82. The minimum atomic E-state index is -0.895. The van der Waals surface area contributed by atoms with Crippen molar-refractivity contribution in [3.05, 3.63) is 65.0 Å². The molecule has 1 aromatic heterocycles. The number of aryl methyl sites for hydroxylation is 1. The van der Waals surface area contributed by atoms with Gasteiger partial charge in [-0.1, -0.05) is 12.1 Å². The van der Waals surface area contributed by atoms with Crippen molar-refractivity contribution in [2.45, 2.75) is 13.0 Å². The summed E-state index contributed by atoms with van der Waals surface area (Å²) in [6, 6.07) is 5.16. The lowest BCUT2D eigenvalue weighted by Gasteiger charge is -2.17. The highest BCUT2D eigenvalue weighted by atomic mass is 19.2. The van der Waals surface area contributed by atoms with Gasteiger partial charge in [0, 0.05) is 12.4 Å². The van der Waals surface area contributed by atoms with Crippen molar-refractivity contribution in [3.63, 3.8) is 0 Å². The van der Waals surface area contributed by atoms with E-state index in [0.29, 0.717) is 5.56 Å². The Balaban J connectivity index is 2.42. The standard InChI is InChI=1S/C13H13F2N3/c1-8-4-10(7-17-6-8)13(18-16)9-2-3-11(14)12(15)5-9/h2-7,13,18H,16H2,1H3. The van der Waals surface area contributed by atoms with Gasteiger partial charge in [0.1, 0.15) is 0 Å². The van der Waals surface area contributed by atoms with Crippen LogP contribution in [0.2, 0.25) is 0 Å². The molecule has 94 valence electrons. The van der Waals surface area contributed by atoms with Gasteiger partial charge in [0.25, 0.3) is 0 Å². The van der Waals surface area contributed by atoms with Crippen LogP contribution in [0.4, 0.5) is 8.78 Å². The molecule has 2 rings (SSSR count). The molecule has 3 N–H and O–H groups in total. The van der Waals surface area contributed by atoms with Crippen LogP contribution in [0.15, 0.2) is 36.7 Å². The third-order valence-corrected chi connectivity index (χ3v) is 2.67. The van der Waals surface area contributed by atoms with E-state index < -0.39 is 17.7 Å². The van der Waals surface area contributed by atoms with Crippen LogP contribution >= 0.6 is 0 Å². The predicted octanol–water partition coefficient (Wildman–Crippen LogP) is 2.22. The van der Waals surface area contributed by atoms with E-state index in [2.05, 4.69) is 10.4 Å². The van der Waals surface area contributed by atoms with E-state index in [1.165, 1.54) is 6.07 Å². The lowest BCUT2D eigenvalue weighted by atomic mass is 10.00. The van der Waals surface area contributed by atoms with Crippen molar-refractivity contribution in [2.24, 2.45) is 5.84 Å². The van der Waals surface area contributed by atoms with Crippen LogP contribution in [0, 0.1) is 18.6 Å². The number of rotatable bonds is 3. The molecule has 0 bridgehead atoms. The van der Waals surface area contributed by atoms with Gasteiger partial charge in [-0.05, 0) is 35.7 Å². The molecule has 0 saturated heterocycles. The summed E-state index contributed by atoms with van der Waals surface area (Å²) in [6.07, 6.45) is 3.35. The topological polar surface area (TPSA) is 50.9 Å². The van der Waals surface area contributed by atoms with Crippen molar-refractivity contribution in [1.82, 2.24) is 10.4 Å². The van der Waals surface area contributed by atoms with Gasteiger partial charge in [-0.2, -0.15) is 0 Å². The monoisotopic (exact) mass is 249 g/mol. The Hall–Kier alpha value is -1.85. The lowest BCUT2D eigenvalue weighted by Crippen LogP contribution is -2.29. The quantitative estimate of drug-likeness (QED) is 0.647. The summed E-state index contributed by atoms with van der Waals surface area (Å²) in [7, 11) is 0. The molecule has 0 aliphatic heterocycles. The number of benzene rings is 1. The Kier molecular flexibility index (Phi) is 3.64. The van der Waals surface area contributed by atoms with E-state index in [1.807, 2.05) is 13.0 Å². The molecule has 0 saturated carbocycles. The molecule has 0 amide bonds. The van der Waals surface area contributed by atoms with Gasteiger partial charge in [0.15, 0.2) is 11.6 Å². The zero-order chi connectivity index (χ0) is 13.1. The smallest absolute Gasteiger partial charge is 0.159 e. The van der Waals surface area contributed by atoms with E-state index in [0.717, 1.165) is 23.3 Å². The Bertz CT molecular complexity index is 558. The predicted molar refractivity (Wildman–Crippen MR) is 64.5 cm³/mol. The third-order valence-electron chi connectivity index (χ3n) is 2.67. The fourth-order valence-corrected chi connectivity index (χ4v) is 1.81. The molecule has 0 spiro atoms. The summed E-state index contributed by atoms with van der Waals surface area (Å²) in [4.78, 5) is 4.06. The van der Waals surface area contributed by atoms with E-state index >= 15 is 0 Å². The third kappa shape index (κ3) is 2.52. The summed E-state index contributed by atoms with van der Waals surface area (Å²) in [5, 5.41) is 0. The first-order valence-electron chi connectivity index (χ1n) is 5.44. The van der Waals surface area contributed by atoms with Crippen molar-refractivity contribution in [3.8, 4) is 0 Å². The fraction of sp³-hybridized carbons (Fsp3) is 0.154. The number of aromatic nitrogens is 1. The fourth-order valence-electron chi connectivity index (χ4n) is 1.81. The Morgan fingerprint density at radius 3 is 2.50 bits per heavy atom. The van der Waals surface area contributed by atoms with Gasteiger partial charge in [0.05, 0.1) is 6.04 Å². The molecule has 3 nitrogen and oxygen atoms in total. The van der Waals surface area contributed by atoms with E-state index in [-0.39, 0.29) is 0 Å². The maximum Gasteiger partial charge on any atom is 0.159 e. The number of nitrogens with two attached hydrogens (primary N) is 1. The molecule has 0 aliphatic rings. The van der Waals surface area contributed by atoms with E-state index in [9.17, 15) is 8.78 Å². The molecule has 0 aliphatic carbocycles. The molecule has 5 heteroatoms. The van der Waals surface area contributed by atoms with Crippen molar-refractivity contribution in [1.29, 1.82) is 0 Å². The van der Waals surface area contributed by atoms with Crippen LogP contribution in [-0.4, -0.2) is 4.98 Å². The Morgan fingerprint density at radius 1 is 1.11 bits per heavy atom. The maximum atomic E-state index is 13.2. The van der Waals surface area contributed by atoms with Gasteiger partial charge < -0.3 is 0 Å². The van der Waals surface area contributed by atoms with Crippen LogP contribution < -0.4 is 11.3 Å². The highest BCUT2D eigenvalue weighted by Crippen LogP contribution is 2.22. The van der Waals surface area contributed by atoms with Crippen molar-refractivity contribution < 1.29 is 8.78 Å². The molecule has 0 radical (unpaired) electrons. The number of nitrogens with one attached hydrogen (secondary N) is 1. The molecule has 1 atom stereocenters. The average molecular weight is 249 g/mol. The normalized spacial score (nSPS) is 12.4. The minimum Gasteiger partial charge on any atom is -0.271 e. The first-order chi connectivity index (χ1) is 8.61. The number of halogens is 2. The first kappa shape index (κ1) is 12.6. The van der Waals surface area contributed by atoms with Gasteiger partial charge in [-0.25, -0.2) is 14.2 Å². The summed E-state index contributed by atoms with van der Waals surface area (Å²) in [5.74, 6) is 3.71. The number of nitrogens with zero attached hydrogens (tertiary/aromatic N) is 1. The van der Waals surface area contributed by atoms with Gasteiger partial charge in [0.2, 0.25) is 0 Å². The molecule has 18 heavy (non-hydrogen) atoms. The number of hydrazine groups is 1. The largest absolute Gasteiger partial charge is 0.271 e. The second-order valence-corrected chi connectivity index (χ2v) is 4.07. The molecule has 1 aromatic carbocycles. The zero-order valence-corrected chi connectivity index (χ0v) is 9.82. The van der Waals surface area contributed by atoms with Gasteiger partial charge in [-0.15, -0.1) is 0 Å².